The zero-order valence-corrected chi connectivity index (χ0v) is 11.9. The Morgan fingerprint density at radius 3 is 1.50 bits per heavy atom. The van der Waals surface area contributed by atoms with Crippen molar-refractivity contribution >= 4 is 9.47 Å². The molecule has 2 aliphatic rings. The van der Waals surface area contributed by atoms with Gasteiger partial charge in [0.05, 0.1) is 5.60 Å². The van der Waals surface area contributed by atoms with Crippen molar-refractivity contribution < 1.29 is 4.52 Å². The second-order valence-electron chi connectivity index (χ2n) is 5.97. The van der Waals surface area contributed by atoms with Gasteiger partial charge in [0, 0.05) is 9.47 Å². The SMILES string of the molecule is CC(OP)(C1CCCCC1)C1CCCCC1. The van der Waals surface area contributed by atoms with Crippen molar-refractivity contribution in [1.29, 1.82) is 0 Å². The van der Waals surface area contributed by atoms with Crippen molar-refractivity contribution in [3.05, 3.63) is 0 Å². The van der Waals surface area contributed by atoms with Crippen LogP contribution < -0.4 is 0 Å². The number of rotatable bonds is 3. The Hall–Kier alpha value is 0.390. The first-order valence-corrected chi connectivity index (χ1v) is 7.62. The van der Waals surface area contributed by atoms with Gasteiger partial charge in [-0.15, -0.1) is 0 Å². The van der Waals surface area contributed by atoms with E-state index >= 15 is 0 Å². The number of hydrogen-bond acceptors (Lipinski definition) is 1. The summed E-state index contributed by atoms with van der Waals surface area (Å²) in [5.41, 5.74) is 0.144. The van der Waals surface area contributed by atoms with Gasteiger partial charge in [-0.3, -0.25) is 0 Å². The van der Waals surface area contributed by atoms with Gasteiger partial charge in [0.1, 0.15) is 0 Å². The summed E-state index contributed by atoms with van der Waals surface area (Å²) < 4.78 is 5.93. The molecule has 0 amide bonds. The molecule has 0 aromatic rings. The third-order valence-electron chi connectivity index (χ3n) is 5.09. The second-order valence-corrected chi connectivity index (χ2v) is 6.21. The summed E-state index contributed by atoms with van der Waals surface area (Å²) in [6.45, 7) is 2.38. The van der Waals surface area contributed by atoms with E-state index in [0.29, 0.717) is 0 Å². The smallest absolute Gasteiger partial charge is 0.0746 e. The highest BCUT2D eigenvalue weighted by molar-refractivity contribution is 7.09. The van der Waals surface area contributed by atoms with E-state index in [0.717, 1.165) is 11.8 Å². The lowest BCUT2D eigenvalue weighted by Gasteiger charge is -2.45. The quantitative estimate of drug-likeness (QED) is 0.651. The summed E-state index contributed by atoms with van der Waals surface area (Å²) in [6.07, 6.45) is 14.1. The topological polar surface area (TPSA) is 9.23 Å². The van der Waals surface area contributed by atoms with Crippen LogP contribution >= 0.6 is 9.47 Å². The average Bonchev–Trinajstić information content (AvgIpc) is 2.40. The van der Waals surface area contributed by atoms with Gasteiger partial charge in [-0.2, -0.15) is 0 Å². The third kappa shape index (κ3) is 2.62. The van der Waals surface area contributed by atoms with Crippen molar-refractivity contribution in [1.82, 2.24) is 0 Å². The van der Waals surface area contributed by atoms with Crippen LogP contribution in [-0.2, 0) is 4.52 Å². The Labute approximate surface area is 103 Å². The van der Waals surface area contributed by atoms with E-state index in [4.69, 9.17) is 4.52 Å². The highest BCUT2D eigenvalue weighted by Gasteiger charge is 2.42. The van der Waals surface area contributed by atoms with E-state index in [1.807, 2.05) is 0 Å². The minimum absolute atomic E-state index is 0.144. The maximum absolute atomic E-state index is 5.93. The maximum Gasteiger partial charge on any atom is 0.0746 e. The first kappa shape index (κ1) is 12.8. The van der Waals surface area contributed by atoms with Crippen LogP contribution in [0.1, 0.15) is 71.1 Å². The first-order valence-electron chi connectivity index (χ1n) is 7.15. The normalized spacial score (nSPS) is 25.9. The molecule has 2 aliphatic carbocycles. The molecule has 94 valence electrons. The minimum Gasteiger partial charge on any atom is -0.359 e. The van der Waals surface area contributed by atoms with E-state index in [9.17, 15) is 0 Å². The van der Waals surface area contributed by atoms with E-state index in [-0.39, 0.29) is 5.60 Å². The van der Waals surface area contributed by atoms with E-state index in [1.54, 1.807) is 0 Å². The molecule has 0 N–H and O–H groups in total. The van der Waals surface area contributed by atoms with Gasteiger partial charge in [-0.05, 0) is 44.4 Å². The summed E-state index contributed by atoms with van der Waals surface area (Å²) >= 11 is 0. The lowest BCUT2D eigenvalue weighted by atomic mass is 9.67. The molecule has 0 aromatic heterocycles. The lowest BCUT2D eigenvalue weighted by Crippen LogP contribution is -2.44. The molecule has 0 aromatic carbocycles. The molecule has 2 saturated carbocycles. The van der Waals surface area contributed by atoms with Crippen molar-refractivity contribution in [2.45, 2.75) is 76.7 Å². The Morgan fingerprint density at radius 2 is 1.19 bits per heavy atom. The van der Waals surface area contributed by atoms with E-state index in [1.165, 1.54) is 64.2 Å². The van der Waals surface area contributed by atoms with Crippen LogP contribution in [0, 0.1) is 11.8 Å². The lowest BCUT2D eigenvalue weighted by molar-refractivity contribution is -0.0416. The predicted octanol–water partition coefficient (Wildman–Crippen LogP) is 4.71. The van der Waals surface area contributed by atoms with Gasteiger partial charge in [0.15, 0.2) is 0 Å². The van der Waals surface area contributed by atoms with Gasteiger partial charge in [-0.1, -0.05) is 38.5 Å². The average molecular weight is 242 g/mol. The highest BCUT2D eigenvalue weighted by atomic mass is 31.0. The molecule has 2 fully saturated rings. The predicted molar refractivity (Wildman–Crippen MR) is 72.4 cm³/mol. The second kappa shape index (κ2) is 5.83. The molecule has 0 aliphatic heterocycles. The summed E-state index contributed by atoms with van der Waals surface area (Å²) in [6, 6.07) is 0. The zero-order valence-electron chi connectivity index (χ0n) is 10.7. The summed E-state index contributed by atoms with van der Waals surface area (Å²) in [4.78, 5) is 0. The van der Waals surface area contributed by atoms with Crippen LogP contribution in [0.2, 0.25) is 0 Å². The molecule has 16 heavy (non-hydrogen) atoms. The van der Waals surface area contributed by atoms with Crippen LogP contribution in [0.4, 0.5) is 0 Å². The van der Waals surface area contributed by atoms with Crippen LogP contribution in [0.3, 0.4) is 0 Å². The van der Waals surface area contributed by atoms with Crippen molar-refractivity contribution in [3.8, 4) is 0 Å². The maximum atomic E-state index is 5.93. The largest absolute Gasteiger partial charge is 0.359 e. The molecule has 0 spiro atoms. The van der Waals surface area contributed by atoms with E-state index < -0.39 is 0 Å². The summed E-state index contributed by atoms with van der Waals surface area (Å²) in [7, 11) is 2.57. The van der Waals surface area contributed by atoms with Gasteiger partial charge in [0.25, 0.3) is 0 Å². The fourth-order valence-electron chi connectivity index (χ4n) is 3.88. The van der Waals surface area contributed by atoms with Gasteiger partial charge < -0.3 is 4.52 Å². The fourth-order valence-corrected chi connectivity index (χ4v) is 4.26. The van der Waals surface area contributed by atoms with Crippen molar-refractivity contribution in [3.63, 3.8) is 0 Å². The standard InChI is InChI=1S/C14H27OP/c1-14(15-16,12-8-4-2-5-9-12)13-10-6-3-7-11-13/h12-13H,2-11,16H2,1H3. The molecular weight excluding hydrogens is 215 g/mol. The van der Waals surface area contributed by atoms with Crippen LogP contribution in [0.15, 0.2) is 0 Å². The molecule has 0 saturated heterocycles. The minimum atomic E-state index is 0.144. The molecule has 2 heteroatoms. The molecule has 0 heterocycles. The Morgan fingerprint density at radius 1 is 0.812 bits per heavy atom. The molecule has 2 rings (SSSR count). The van der Waals surface area contributed by atoms with E-state index in [2.05, 4.69) is 16.4 Å². The monoisotopic (exact) mass is 242 g/mol. The fraction of sp³-hybridized carbons (Fsp3) is 1.00. The molecule has 1 unspecified atom stereocenters. The highest BCUT2D eigenvalue weighted by Crippen LogP contribution is 2.45. The zero-order chi connectivity index (χ0) is 11.4. The molecular formula is C14H27OP. The Bertz CT molecular complexity index is 187. The summed E-state index contributed by atoms with van der Waals surface area (Å²) in [5, 5.41) is 0. The van der Waals surface area contributed by atoms with Crippen molar-refractivity contribution in [2.75, 3.05) is 0 Å². The van der Waals surface area contributed by atoms with Crippen molar-refractivity contribution in [2.24, 2.45) is 11.8 Å². The van der Waals surface area contributed by atoms with Gasteiger partial charge in [0.2, 0.25) is 0 Å². The molecule has 0 bridgehead atoms. The van der Waals surface area contributed by atoms with Gasteiger partial charge in [-0.25, -0.2) is 0 Å². The first-order chi connectivity index (χ1) is 7.77. The third-order valence-corrected chi connectivity index (χ3v) is 5.59. The molecule has 1 atom stereocenters. The Kier molecular flexibility index (Phi) is 4.67. The molecule has 1 nitrogen and oxygen atoms in total. The molecule has 0 radical (unpaired) electrons. The Balaban J connectivity index is 2.03. The van der Waals surface area contributed by atoms with Gasteiger partial charge >= 0.3 is 0 Å². The van der Waals surface area contributed by atoms with Crippen LogP contribution in [0.5, 0.6) is 0 Å². The summed E-state index contributed by atoms with van der Waals surface area (Å²) in [5.74, 6) is 1.61. The number of hydrogen-bond donors (Lipinski definition) is 0. The van der Waals surface area contributed by atoms with Crippen LogP contribution in [0.25, 0.3) is 0 Å². The van der Waals surface area contributed by atoms with Crippen LogP contribution in [-0.4, -0.2) is 5.60 Å².